The van der Waals surface area contributed by atoms with Gasteiger partial charge >= 0.3 is 29.8 Å². The van der Waals surface area contributed by atoms with Gasteiger partial charge in [-0.3, -0.25) is 14.4 Å². The van der Waals surface area contributed by atoms with Crippen LogP contribution >= 0.6 is 0 Å². The number of allylic oxidation sites excluding steroid dienone is 1. The van der Waals surface area contributed by atoms with Gasteiger partial charge in [-0.05, 0) is 58.6 Å². The van der Waals surface area contributed by atoms with Crippen LogP contribution in [0.4, 0.5) is 0 Å². The van der Waals surface area contributed by atoms with Crippen LogP contribution in [0.1, 0.15) is 113 Å². The second kappa shape index (κ2) is 14.7. The molecule has 1 heterocycles. The number of aliphatic hydroxyl groups is 2. The van der Waals surface area contributed by atoms with Crippen LogP contribution in [0.3, 0.4) is 0 Å². The van der Waals surface area contributed by atoms with Crippen LogP contribution < -0.4 is 0 Å². The number of hydrogen-bond donors (Lipinski definition) is 2. The Morgan fingerprint density at radius 1 is 0.935 bits per heavy atom. The largest absolute Gasteiger partial charge is 0.459 e. The first-order chi connectivity index (χ1) is 21.5. The molecular weight excluding hydrogens is 600 g/mol. The van der Waals surface area contributed by atoms with Crippen LogP contribution in [0.5, 0.6) is 0 Å². The number of esters is 5. The van der Waals surface area contributed by atoms with Gasteiger partial charge in [0.2, 0.25) is 0 Å². The minimum absolute atomic E-state index is 0.0234. The fourth-order valence-electron chi connectivity index (χ4n) is 6.90. The summed E-state index contributed by atoms with van der Waals surface area (Å²) in [7, 11) is 0. The normalized spacial score (nSPS) is 33.8. The first-order valence-corrected chi connectivity index (χ1v) is 16.3. The molecule has 1 unspecified atom stereocenters. The molecule has 1 aliphatic heterocycles. The summed E-state index contributed by atoms with van der Waals surface area (Å²) in [4.78, 5) is 65.1. The lowest BCUT2D eigenvalue weighted by Crippen LogP contribution is -2.64. The molecule has 0 amide bonds. The van der Waals surface area contributed by atoms with Gasteiger partial charge in [0.1, 0.15) is 11.7 Å². The molecule has 0 bridgehead atoms. The Hall–Kier alpha value is -3.25. The quantitative estimate of drug-likeness (QED) is 0.0969. The number of carbonyl (C=O) groups is 5. The predicted molar refractivity (Wildman–Crippen MR) is 164 cm³/mol. The molecule has 1 saturated heterocycles. The molecular formula is C34H50O12. The van der Waals surface area contributed by atoms with E-state index in [4.69, 9.17) is 23.7 Å². The van der Waals surface area contributed by atoms with Crippen molar-refractivity contribution >= 4 is 29.8 Å². The second-order valence-corrected chi connectivity index (χ2v) is 13.1. The monoisotopic (exact) mass is 650 g/mol. The van der Waals surface area contributed by atoms with Crippen molar-refractivity contribution in [3.63, 3.8) is 0 Å². The van der Waals surface area contributed by atoms with Crippen molar-refractivity contribution in [1.82, 2.24) is 0 Å². The average molecular weight is 651 g/mol. The van der Waals surface area contributed by atoms with E-state index in [1.807, 2.05) is 0 Å². The summed E-state index contributed by atoms with van der Waals surface area (Å²) in [5.74, 6) is -5.03. The third kappa shape index (κ3) is 7.02. The molecule has 0 aromatic rings. The number of fused-ring (bicyclic) bond motifs is 3. The van der Waals surface area contributed by atoms with Gasteiger partial charge in [-0.25, -0.2) is 9.59 Å². The Labute approximate surface area is 270 Å². The van der Waals surface area contributed by atoms with E-state index in [1.165, 1.54) is 13.8 Å². The van der Waals surface area contributed by atoms with E-state index in [1.54, 1.807) is 33.8 Å². The van der Waals surface area contributed by atoms with Gasteiger partial charge in [-0.15, -0.1) is 0 Å². The fourth-order valence-corrected chi connectivity index (χ4v) is 6.90. The van der Waals surface area contributed by atoms with Gasteiger partial charge in [0.25, 0.3) is 0 Å². The van der Waals surface area contributed by atoms with Gasteiger partial charge < -0.3 is 33.9 Å². The molecule has 2 fully saturated rings. The molecule has 0 radical (unpaired) electrons. The van der Waals surface area contributed by atoms with Crippen molar-refractivity contribution in [2.45, 2.75) is 154 Å². The number of hydrogen-bond acceptors (Lipinski definition) is 12. The molecule has 1 saturated carbocycles. The molecule has 0 aromatic heterocycles. The Morgan fingerprint density at radius 3 is 2.15 bits per heavy atom. The predicted octanol–water partition coefficient (Wildman–Crippen LogP) is 3.93. The maximum absolute atomic E-state index is 13.3. The summed E-state index contributed by atoms with van der Waals surface area (Å²) < 4.78 is 29.3. The summed E-state index contributed by atoms with van der Waals surface area (Å²) in [6.45, 7) is 12.4. The summed E-state index contributed by atoms with van der Waals surface area (Å²) >= 11 is 0. The van der Waals surface area contributed by atoms with E-state index in [0.717, 1.165) is 32.6 Å². The molecule has 12 heteroatoms. The first kappa shape index (κ1) is 37.2. The van der Waals surface area contributed by atoms with Crippen molar-refractivity contribution in [3.05, 3.63) is 22.8 Å². The van der Waals surface area contributed by atoms with Crippen molar-refractivity contribution in [1.29, 1.82) is 0 Å². The van der Waals surface area contributed by atoms with Crippen LogP contribution in [0.2, 0.25) is 0 Å². The third-order valence-electron chi connectivity index (χ3n) is 9.51. The number of unbranched alkanes of at least 4 members (excludes halogenated alkanes) is 4. The highest BCUT2D eigenvalue weighted by atomic mass is 16.6. The van der Waals surface area contributed by atoms with Crippen LogP contribution in [0.15, 0.2) is 22.8 Å². The van der Waals surface area contributed by atoms with Gasteiger partial charge in [-0.2, -0.15) is 0 Å². The van der Waals surface area contributed by atoms with Gasteiger partial charge in [0.15, 0.2) is 29.5 Å². The number of rotatable bonds is 13. The zero-order valence-corrected chi connectivity index (χ0v) is 28.3. The van der Waals surface area contributed by atoms with Crippen molar-refractivity contribution in [2.24, 2.45) is 5.92 Å². The zero-order valence-electron chi connectivity index (χ0n) is 28.3. The number of ether oxygens (including phenoxy) is 5. The number of carbonyl (C=O) groups excluding carboxylic acids is 5. The minimum Gasteiger partial charge on any atom is -0.459 e. The highest BCUT2D eigenvalue weighted by Gasteiger charge is 2.76. The third-order valence-corrected chi connectivity index (χ3v) is 9.51. The maximum Gasteiger partial charge on any atom is 0.341 e. The topological polar surface area (TPSA) is 172 Å². The molecule has 46 heavy (non-hydrogen) atoms. The Bertz CT molecular complexity index is 1260. The second-order valence-electron chi connectivity index (χ2n) is 13.1. The summed E-state index contributed by atoms with van der Waals surface area (Å²) in [6, 6.07) is 0. The molecule has 2 aliphatic carbocycles. The molecule has 8 atom stereocenters. The fraction of sp³-hybridized carbons (Fsp3) is 0.735. The van der Waals surface area contributed by atoms with E-state index in [-0.39, 0.29) is 29.6 Å². The zero-order chi connectivity index (χ0) is 34.6. The van der Waals surface area contributed by atoms with Crippen molar-refractivity contribution < 1.29 is 57.9 Å². The highest BCUT2D eigenvalue weighted by molar-refractivity contribution is 5.88. The Balaban J connectivity index is 2.23. The maximum atomic E-state index is 13.3. The van der Waals surface area contributed by atoms with Crippen molar-refractivity contribution in [3.8, 4) is 0 Å². The molecule has 12 nitrogen and oxygen atoms in total. The molecule has 3 rings (SSSR count). The SMILES string of the molecule is C/C=C(/C)C(=O)O[C@H]1C(C)=C2C([C@@H]1OC(=O)CCCCCCC)[C@@](C)(OC(C)=O)C[C@H](OC(=O)CCC)[C@@]1(O)[C@H]2OC(=O)[C@@]1(C)O. The standard InChI is InChI=1S/C34H50O12/c1-9-12-13-14-15-17-24(37)43-28-26-25(20(5)27(28)44-30(38)19(4)11-3)29-34(41,33(8,40)31(39)45-29)22(42-23(36)16-10-2)18-32(26,7)46-21(6)35/h11,22,26-29,40-41H,9-10,12-18H2,1-8H3/b19-11-/t22-,26?,27-,28-,29-,32-,33+,34+/m0/s1. The summed E-state index contributed by atoms with van der Waals surface area (Å²) in [5, 5.41) is 23.9. The van der Waals surface area contributed by atoms with Crippen molar-refractivity contribution in [2.75, 3.05) is 0 Å². The van der Waals surface area contributed by atoms with Crippen LogP contribution in [0, 0.1) is 5.92 Å². The van der Waals surface area contributed by atoms with E-state index in [2.05, 4.69) is 6.92 Å². The summed E-state index contributed by atoms with van der Waals surface area (Å²) in [6.07, 6.45) is 0.272. The van der Waals surface area contributed by atoms with E-state index >= 15 is 0 Å². The highest BCUT2D eigenvalue weighted by Crippen LogP contribution is 2.57. The molecule has 258 valence electrons. The van der Waals surface area contributed by atoms with Crippen LogP contribution in [-0.2, 0) is 47.7 Å². The van der Waals surface area contributed by atoms with Gasteiger partial charge in [0, 0.05) is 31.8 Å². The minimum atomic E-state index is -2.57. The first-order valence-electron chi connectivity index (χ1n) is 16.3. The van der Waals surface area contributed by atoms with E-state index < -0.39 is 83.4 Å². The van der Waals surface area contributed by atoms with Gasteiger partial charge in [-0.1, -0.05) is 45.6 Å². The Kier molecular flexibility index (Phi) is 11.9. The molecule has 2 N–H and O–H groups in total. The lowest BCUT2D eigenvalue weighted by molar-refractivity contribution is -0.212. The van der Waals surface area contributed by atoms with E-state index in [9.17, 15) is 34.2 Å². The lowest BCUT2D eigenvalue weighted by atomic mass is 9.75. The summed E-state index contributed by atoms with van der Waals surface area (Å²) in [5.41, 5.74) is -6.12. The van der Waals surface area contributed by atoms with Gasteiger partial charge in [0.05, 0.1) is 5.92 Å². The molecule has 0 spiro atoms. The lowest BCUT2D eigenvalue weighted by Gasteiger charge is -2.41. The van der Waals surface area contributed by atoms with E-state index in [0.29, 0.717) is 12.8 Å². The molecule has 0 aromatic carbocycles. The molecule has 3 aliphatic rings. The average Bonchev–Trinajstić information content (AvgIpc) is 3.30. The van der Waals surface area contributed by atoms with Crippen LogP contribution in [-0.4, -0.2) is 81.3 Å². The van der Waals surface area contributed by atoms with Crippen LogP contribution in [0.25, 0.3) is 0 Å². The Morgan fingerprint density at radius 2 is 1.57 bits per heavy atom. The smallest absolute Gasteiger partial charge is 0.341 e.